The van der Waals surface area contributed by atoms with Gasteiger partial charge in [0, 0.05) is 35.6 Å². The predicted octanol–water partition coefficient (Wildman–Crippen LogP) is 5.68. The van der Waals surface area contributed by atoms with E-state index in [0.717, 1.165) is 45.1 Å². The summed E-state index contributed by atoms with van der Waals surface area (Å²) in [6, 6.07) is 19.2. The van der Waals surface area contributed by atoms with Crippen LogP contribution in [0.1, 0.15) is 49.7 Å². The van der Waals surface area contributed by atoms with Gasteiger partial charge in [-0.05, 0) is 75.7 Å². The van der Waals surface area contributed by atoms with Gasteiger partial charge in [0.25, 0.3) is 0 Å². The van der Waals surface area contributed by atoms with Crippen molar-refractivity contribution in [2.45, 2.75) is 50.5 Å². The topological polar surface area (TPSA) is 48.1 Å². The SMILES string of the molecule is CN(C)C1(c2ccccc2)CCC(CNC(=O)CCCc2c[nH]c3ccccc23)CC1.Cl. The van der Waals surface area contributed by atoms with Gasteiger partial charge in [0.1, 0.15) is 0 Å². The number of carbonyl (C=O) groups excluding carboxylic acids is 1. The van der Waals surface area contributed by atoms with Crippen LogP contribution in [-0.4, -0.2) is 36.4 Å². The fraction of sp³-hybridized carbons (Fsp3) is 0.444. The van der Waals surface area contributed by atoms with Gasteiger partial charge in [-0.3, -0.25) is 9.69 Å². The van der Waals surface area contributed by atoms with Crippen LogP contribution in [0.25, 0.3) is 10.9 Å². The van der Waals surface area contributed by atoms with E-state index in [4.69, 9.17) is 0 Å². The van der Waals surface area contributed by atoms with Gasteiger partial charge < -0.3 is 10.3 Å². The molecule has 2 aromatic carbocycles. The van der Waals surface area contributed by atoms with Crippen LogP contribution in [0.15, 0.2) is 60.8 Å². The smallest absolute Gasteiger partial charge is 0.220 e. The molecule has 5 heteroatoms. The van der Waals surface area contributed by atoms with Crippen molar-refractivity contribution in [1.82, 2.24) is 15.2 Å². The molecule has 0 bridgehead atoms. The van der Waals surface area contributed by atoms with E-state index in [1.165, 1.54) is 22.0 Å². The molecule has 0 atom stereocenters. The molecular formula is C27H36ClN3O. The van der Waals surface area contributed by atoms with Gasteiger partial charge in [-0.15, -0.1) is 12.4 Å². The Morgan fingerprint density at radius 3 is 2.47 bits per heavy atom. The van der Waals surface area contributed by atoms with Crippen molar-refractivity contribution < 1.29 is 4.79 Å². The molecule has 2 N–H and O–H groups in total. The number of hydrogen-bond donors (Lipinski definition) is 2. The average Bonchev–Trinajstić information content (AvgIpc) is 3.22. The quantitative estimate of drug-likeness (QED) is 0.461. The van der Waals surface area contributed by atoms with E-state index in [2.05, 4.69) is 84.0 Å². The first kappa shape index (κ1) is 24.3. The third kappa shape index (κ3) is 5.36. The molecule has 4 nitrogen and oxygen atoms in total. The third-order valence-electron chi connectivity index (χ3n) is 7.21. The lowest BCUT2D eigenvalue weighted by Crippen LogP contribution is -2.45. The van der Waals surface area contributed by atoms with E-state index in [0.29, 0.717) is 12.3 Å². The number of rotatable bonds is 8. The van der Waals surface area contributed by atoms with Crippen molar-refractivity contribution in [3.05, 3.63) is 71.9 Å². The zero-order chi connectivity index (χ0) is 21.7. The number of benzene rings is 2. The number of aryl methyl sites for hydroxylation is 1. The molecule has 1 saturated carbocycles. The number of nitrogens with one attached hydrogen (secondary N) is 2. The van der Waals surface area contributed by atoms with Crippen molar-refractivity contribution in [2.24, 2.45) is 5.92 Å². The van der Waals surface area contributed by atoms with Crippen molar-refractivity contribution in [3.8, 4) is 0 Å². The molecule has 1 amide bonds. The van der Waals surface area contributed by atoms with Crippen LogP contribution in [0, 0.1) is 5.92 Å². The van der Waals surface area contributed by atoms with Crippen molar-refractivity contribution in [1.29, 1.82) is 0 Å². The van der Waals surface area contributed by atoms with Gasteiger partial charge in [0.15, 0.2) is 0 Å². The first-order valence-corrected chi connectivity index (χ1v) is 11.6. The standard InChI is InChI=1S/C27H35N3O.ClH/c1-30(2)27(23-10-4-3-5-11-23)17-15-21(16-18-27)19-29-26(31)14-8-9-22-20-28-25-13-7-6-12-24(22)25;/h3-7,10-13,20-21,28H,8-9,14-19H2,1-2H3,(H,29,31);1H. The summed E-state index contributed by atoms with van der Waals surface area (Å²) >= 11 is 0. The minimum absolute atomic E-state index is 0. The highest BCUT2D eigenvalue weighted by molar-refractivity contribution is 5.85. The molecule has 172 valence electrons. The molecule has 1 fully saturated rings. The number of para-hydroxylation sites is 1. The second kappa shape index (κ2) is 11.0. The molecule has 0 unspecified atom stereocenters. The van der Waals surface area contributed by atoms with Crippen molar-refractivity contribution in [3.63, 3.8) is 0 Å². The van der Waals surface area contributed by atoms with E-state index >= 15 is 0 Å². The number of H-pyrrole nitrogens is 1. The summed E-state index contributed by atoms with van der Waals surface area (Å²) in [5.74, 6) is 0.765. The molecule has 1 aliphatic rings. The fourth-order valence-corrected chi connectivity index (χ4v) is 5.23. The number of amides is 1. The van der Waals surface area contributed by atoms with Gasteiger partial charge in [-0.25, -0.2) is 0 Å². The largest absolute Gasteiger partial charge is 0.361 e. The highest BCUT2D eigenvalue weighted by atomic mass is 35.5. The molecule has 3 aromatic rings. The first-order chi connectivity index (χ1) is 15.1. The summed E-state index contributed by atoms with van der Waals surface area (Å²) in [6.07, 6.45) is 9.09. The van der Waals surface area contributed by atoms with E-state index in [-0.39, 0.29) is 23.9 Å². The monoisotopic (exact) mass is 453 g/mol. The van der Waals surface area contributed by atoms with Gasteiger partial charge in [0.2, 0.25) is 5.91 Å². The average molecular weight is 454 g/mol. The third-order valence-corrected chi connectivity index (χ3v) is 7.21. The van der Waals surface area contributed by atoms with Gasteiger partial charge in [-0.1, -0.05) is 48.5 Å². The lowest BCUT2D eigenvalue weighted by molar-refractivity contribution is -0.121. The summed E-state index contributed by atoms with van der Waals surface area (Å²) in [5, 5.41) is 4.48. The Morgan fingerprint density at radius 1 is 1.06 bits per heavy atom. The van der Waals surface area contributed by atoms with Gasteiger partial charge >= 0.3 is 0 Å². The number of fused-ring (bicyclic) bond motifs is 1. The lowest BCUT2D eigenvalue weighted by atomic mass is 9.72. The first-order valence-electron chi connectivity index (χ1n) is 11.6. The fourth-order valence-electron chi connectivity index (χ4n) is 5.23. The van der Waals surface area contributed by atoms with Crippen LogP contribution < -0.4 is 5.32 Å². The molecule has 4 rings (SSSR count). The Labute approximate surface area is 198 Å². The predicted molar refractivity (Wildman–Crippen MR) is 135 cm³/mol. The van der Waals surface area contributed by atoms with E-state index in [9.17, 15) is 4.79 Å². The molecule has 32 heavy (non-hydrogen) atoms. The zero-order valence-electron chi connectivity index (χ0n) is 19.3. The Bertz CT molecular complexity index is 990. The molecular weight excluding hydrogens is 418 g/mol. The molecule has 1 aromatic heterocycles. The minimum Gasteiger partial charge on any atom is -0.361 e. The van der Waals surface area contributed by atoms with Crippen LogP contribution in [0.2, 0.25) is 0 Å². The maximum atomic E-state index is 12.4. The highest BCUT2D eigenvalue weighted by Gasteiger charge is 2.38. The molecule has 0 saturated heterocycles. The van der Waals surface area contributed by atoms with Crippen LogP contribution >= 0.6 is 12.4 Å². The summed E-state index contributed by atoms with van der Waals surface area (Å²) in [5.41, 5.74) is 4.01. The number of hydrogen-bond acceptors (Lipinski definition) is 2. The van der Waals surface area contributed by atoms with Crippen molar-refractivity contribution in [2.75, 3.05) is 20.6 Å². The van der Waals surface area contributed by atoms with Gasteiger partial charge in [0.05, 0.1) is 0 Å². The summed E-state index contributed by atoms with van der Waals surface area (Å²) < 4.78 is 0. The number of aromatic nitrogens is 1. The lowest BCUT2D eigenvalue weighted by Gasteiger charge is -2.45. The second-order valence-corrected chi connectivity index (χ2v) is 9.25. The Hall–Kier alpha value is -2.30. The molecule has 1 aliphatic carbocycles. The Kier molecular flexibility index (Phi) is 8.38. The van der Waals surface area contributed by atoms with E-state index in [1.54, 1.807) is 0 Å². The number of nitrogens with zero attached hydrogens (tertiary/aromatic N) is 1. The maximum Gasteiger partial charge on any atom is 0.220 e. The van der Waals surface area contributed by atoms with Gasteiger partial charge in [-0.2, -0.15) is 0 Å². The number of aromatic amines is 1. The van der Waals surface area contributed by atoms with E-state index in [1.807, 2.05) is 6.07 Å². The number of halogens is 1. The van der Waals surface area contributed by atoms with Crippen LogP contribution in [0.3, 0.4) is 0 Å². The van der Waals surface area contributed by atoms with E-state index < -0.39 is 0 Å². The summed E-state index contributed by atoms with van der Waals surface area (Å²) in [4.78, 5) is 18.1. The highest BCUT2D eigenvalue weighted by Crippen LogP contribution is 2.42. The van der Waals surface area contributed by atoms with Crippen LogP contribution in [0.4, 0.5) is 0 Å². The molecule has 0 spiro atoms. The van der Waals surface area contributed by atoms with Crippen LogP contribution in [-0.2, 0) is 16.8 Å². The zero-order valence-corrected chi connectivity index (χ0v) is 20.1. The van der Waals surface area contributed by atoms with Crippen molar-refractivity contribution >= 4 is 29.2 Å². The Morgan fingerprint density at radius 2 is 1.75 bits per heavy atom. The normalized spacial score (nSPS) is 20.8. The summed E-state index contributed by atoms with van der Waals surface area (Å²) in [6.45, 7) is 0.810. The second-order valence-electron chi connectivity index (χ2n) is 9.25. The summed E-state index contributed by atoms with van der Waals surface area (Å²) in [7, 11) is 4.39. The Balaban J connectivity index is 0.00000289. The number of carbonyl (C=O) groups is 1. The van der Waals surface area contributed by atoms with Crippen LogP contribution in [0.5, 0.6) is 0 Å². The molecule has 0 radical (unpaired) electrons. The maximum absolute atomic E-state index is 12.4. The molecule has 0 aliphatic heterocycles. The minimum atomic E-state index is 0. The molecule has 1 heterocycles.